The van der Waals surface area contributed by atoms with Crippen LogP contribution in [0.4, 0.5) is 0 Å². The van der Waals surface area contributed by atoms with E-state index in [1.807, 2.05) is 30.6 Å². The van der Waals surface area contributed by atoms with E-state index in [1.54, 1.807) is 28.4 Å². The number of hydrogen-bond acceptors (Lipinski definition) is 4. The number of nitrogens with zero attached hydrogens (tertiary/aromatic N) is 3. The summed E-state index contributed by atoms with van der Waals surface area (Å²) in [6, 6.07) is 3.96. The normalized spacial score (nSPS) is 13.0. The van der Waals surface area contributed by atoms with Crippen molar-refractivity contribution in [2.75, 3.05) is 0 Å². The van der Waals surface area contributed by atoms with Crippen molar-refractivity contribution in [1.82, 2.24) is 14.8 Å². The van der Waals surface area contributed by atoms with Crippen LogP contribution in [0.2, 0.25) is 0 Å². The molecule has 4 nitrogen and oxygen atoms in total. The molecule has 92 valence electrons. The van der Waals surface area contributed by atoms with E-state index in [1.165, 1.54) is 0 Å². The highest BCUT2D eigenvalue weighted by Crippen LogP contribution is 2.26. The lowest BCUT2D eigenvalue weighted by molar-refractivity contribution is 0.220. The Morgan fingerprint density at radius 1 is 1.39 bits per heavy atom. The molecular formula is C13H13N3OS. The molecule has 3 rings (SSSR count). The fourth-order valence-corrected chi connectivity index (χ4v) is 2.69. The Bertz CT molecular complexity index is 673. The monoisotopic (exact) mass is 259 g/mol. The average Bonchev–Trinajstić information content (AvgIpc) is 3.05. The largest absolute Gasteiger partial charge is 0.383 e. The number of pyridine rings is 1. The molecule has 0 aliphatic rings. The van der Waals surface area contributed by atoms with Crippen LogP contribution in [-0.4, -0.2) is 19.9 Å². The zero-order valence-electron chi connectivity index (χ0n) is 9.95. The highest BCUT2D eigenvalue weighted by Gasteiger charge is 2.13. The Kier molecular flexibility index (Phi) is 2.85. The highest BCUT2D eigenvalue weighted by molar-refractivity contribution is 7.17. The van der Waals surface area contributed by atoms with Crippen LogP contribution in [0.15, 0.2) is 36.1 Å². The first-order valence-electron chi connectivity index (χ1n) is 5.81. The standard InChI is InChI=1S/C13H13N3OS/c1-2-16-8-10(7-15-16)13(17)9-5-12-11(14-6-9)3-4-18-12/h3-8,13,17H,2H2,1H3. The summed E-state index contributed by atoms with van der Waals surface area (Å²) in [6.07, 6.45) is 4.63. The fourth-order valence-electron chi connectivity index (χ4n) is 1.90. The molecule has 0 aliphatic heterocycles. The molecule has 0 saturated carbocycles. The minimum absolute atomic E-state index is 0.663. The van der Waals surface area contributed by atoms with Crippen LogP contribution < -0.4 is 0 Å². The molecule has 0 amide bonds. The number of aliphatic hydroxyl groups excluding tert-OH is 1. The van der Waals surface area contributed by atoms with Gasteiger partial charge < -0.3 is 5.11 Å². The van der Waals surface area contributed by atoms with Crippen molar-refractivity contribution in [2.24, 2.45) is 0 Å². The lowest BCUT2D eigenvalue weighted by Crippen LogP contribution is -1.99. The maximum Gasteiger partial charge on any atom is 0.109 e. The van der Waals surface area contributed by atoms with Crippen LogP contribution in [0.5, 0.6) is 0 Å². The molecule has 0 fully saturated rings. The third-order valence-electron chi connectivity index (χ3n) is 2.93. The molecule has 0 aromatic carbocycles. The van der Waals surface area contributed by atoms with E-state index >= 15 is 0 Å². The number of aromatic nitrogens is 3. The van der Waals surface area contributed by atoms with Gasteiger partial charge in [0.05, 0.1) is 16.4 Å². The van der Waals surface area contributed by atoms with Crippen LogP contribution >= 0.6 is 11.3 Å². The number of aliphatic hydroxyl groups is 1. The van der Waals surface area contributed by atoms with Crippen LogP contribution in [-0.2, 0) is 6.54 Å². The molecule has 0 radical (unpaired) electrons. The minimum atomic E-state index is -0.663. The molecule has 0 aliphatic carbocycles. The van der Waals surface area contributed by atoms with E-state index in [2.05, 4.69) is 10.1 Å². The molecule has 18 heavy (non-hydrogen) atoms. The van der Waals surface area contributed by atoms with Gasteiger partial charge in [0.15, 0.2) is 0 Å². The lowest BCUT2D eigenvalue weighted by atomic mass is 10.1. The van der Waals surface area contributed by atoms with Gasteiger partial charge in [0, 0.05) is 30.1 Å². The molecule has 1 unspecified atom stereocenters. The second kappa shape index (κ2) is 4.51. The number of thiophene rings is 1. The summed E-state index contributed by atoms with van der Waals surface area (Å²) in [5.41, 5.74) is 2.58. The zero-order chi connectivity index (χ0) is 12.5. The molecule has 1 N–H and O–H groups in total. The van der Waals surface area contributed by atoms with Gasteiger partial charge in [0.1, 0.15) is 6.10 Å². The zero-order valence-corrected chi connectivity index (χ0v) is 10.8. The quantitative estimate of drug-likeness (QED) is 0.786. The highest BCUT2D eigenvalue weighted by atomic mass is 32.1. The van der Waals surface area contributed by atoms with Crippen molar-refractivity contribution in [1.29, 1.82) is 0 Å². The lowest BCUT2D eigenvalue weighted by Gasteiger charge is -2.08. The van der Waals surface area contributed by atoms with E-state index in [9.17, 15) is 5.11 Å². The molecule has 0 saturated heterocycles. The van der Waals surface area contributed by atoms with E-state index in [0.29, 0.717) is 0 Å². The van der Waals surface area contributed by atoms with Gasteiger partial charge in [-0.15, -0.1) is 11.3 Å². The topological polar surface area (TPSA) is 50.9 Å². The Morgan fingerprint density at radius 3 is 3.06 bits per heavy atom. The van der Waals surface area contributed by atoms with Gasteiger partial charge in [0.25, 0.3) is 0 Å². The summed E-state index contributed by atoms with van der Waals surface area (Å²) >= 11 is 1.63. The smallest absolute Gasteiger partial charge is 0.109 e. The van der Waals surface area contributed by atoms with E-state index < -0.39 is 6.10 Å². The summed E-state index contributed by atoms with van der Waals surface area (Å²) < 4.78 is 2.89. The maximum absolute atomic E-state index is 10.3. The SMILES string of the molecule is CCn1cc(C(O)c2cnc3ccsc3c2)cn1. The van der Waals surface area contributed by atoms with Gasteiger partial charge in [-0.05, 0) is 24.4 Å². The molecule has 3 heterocycles. The first kappa shape index (κ1) is 11.4. The average molecular weight is 259 g/mol. The van der Waals surface area contributed by atoms with Crippen LogP contribution in [0.3, 0.4) is 0 Å². The Morgan fingerprint density at radius 2 is 2.28 bits per heavy atom. The van der Waals surface area contributed by atoms with Gasteiger partial charge >= 0.3 is 0 Å². The molecule has 0 spiro atoms. The molecule has 1 atom stereocenters. The molecule has 3 aromatic heterocycles. The van der Waals surface area contributed by atoms with Crippen molar-refractivity contribution in [3.8, 4) is 0 Å². The van der Waals surface area contributed by atoms with Gasteiger partial charge in [0.2, 0.25) is 0 Å². The summed E-state index contributed by atoms with van der Waals surface area (Å²) in [5.74, 6) is 0. The van der Waals surface area contributed by atoms with E-state index in [0.717, 1.165) is 27.9 Å². The van der Waals surface area contributed by atoms with Gasteiger partial charge in [-0.1, -0.05) is 0 Å². The van der Waals surface area contributed by atoms with Crippen molar-refractivity contribution in [2.45, 2.75) is 19.6 Å². The molecule has 5 heteroatoms. The summed E-state index contributed by atoms with van der Waals surface area (Å²) in [5, 5.41) is 16.5. The summed E-state index contributed by atoms with van der Waals surface area (Å²) in [6.45, 7) is 2.82. The Labute approximate surface area is 109 Å². The van der Waals surface area contributed by atoms with Crippen molar-refractivity contribution < 1.29 is 5.11 Å². The van der Waals surface area contributed by atoms with Crippen molar-refractivity contribution in [3.05, 3.63) is 47.2 Å². The van der Waals surface area contributed by atoms with Crippen LogP contribution in [0.25, 0.3) is 10.2 Å². The second-order valence-corrected chi connectivity index (χ2v) is 5.05. The Hall–Kier alpha value is -1.72. The second-order valence-electron chi connectivity index (χ2n) is 4.10. The first-order valence-corrected chi connectivity index (χ1v) is 6.69. The predicted molar refractivity (Wildman–Crippen MR) is 71.6 cm³/mol. The third kappa shape index (κ3) is 1.91. The maximum atomic E-state index is 10.3. The summed E-state index contributed by atoms with van der Waals surface area (Å²) in [7, 11) is 0. The molecule has 0 bridgehead atoms. The molecule has 3 aromatic rings. The van der Waals surface area contributed by atoms with Crippen molar-refractivity contribution >= 4 is 21.6 Å². The third-order valence-corrected chi connectivity index (χ3v) is 3.79. The Balaban J connectivity index is 1.97. The van der Waals surface area contributed by atoms with Gasteiger partial charge in [-0.3, -0.25) is 9.67 Å². The predicted octanol–water partition coefficient (Wildman–Crippen LogP) is 2.59. The molecular weight excluding hydrogens is 246 g/mol. The van der Waals surface area contributed by atoms with Gasteiger partial charge in [-0.25, -0.2) is 0 Å². The first-order chi connectivity index (χ1) is 8.78. The minimum Gasteiger partial charge on any atom is -0.383 e. The summed E-state index contributed by atoms with van der Waals surface area (Å²) in [4.78, 5) is 4.34. The fraction of sp³-hybridized carbons (Fsp3) is 0.231. The van der Waals surface area contributed by atoms with Crippen molar-refractivity contribution in [3.63, 3.8) is 0 Å². The number of rotatable bonds is 3. The van der Waals surface area contributed by atoms with E-state index in [-0.39, 0.29) is 0 Å². The van der Waals surface area contributed by atoms with E-state index in [4.69, 9.17) is 0 Å². The number of aryl methyl sites for hydroxylation is 1. The number of fused-ring (bicyclic) bond motifs is 1. The number of hydrogen-bond donors (Lipinski definition) is 1. The van der Waals surface area contributed by atoms with Crippen LogP contribution in [0.1, 0.15) is 24.2 Å². The van der Waals surface area contributed by atoms with Gasteiger partial charge in [-0.2, -0.15) is 5.10 Å². The van der Waals surface area contributed by atoms with Crippen LogP contribution in [0, 0.1) is 0 Å².